The molecule has 0 bridgehead atoms. The molecule has 0 saturated heterocycles. The molecule has 4 aromatic carbocycles. The molecule has 4 aromatic rings. The molecule has 5 rings (SSSR count). The van der Waals surface area contributed by atoms with Gasteiger partial charge in [-0.25, -0.2) is 0 Å². The summed E-state index contributed by atoms with van der Waals surface area (Å²) in [6, 6.07) is 33.7. The Labute approximate surface area is 220 Å². The number of rotatable bonds is 8. The quantitative estimate of drug-likeness (QED) is 0.152. The number of ketones is 2. The molecular formula is C32H24N2O4. The van der Waals surface area contributed by atoms with Crippen LogP contribution in [0.4, 0.5) is 5.69 Å². The Kier molecular flexibility index (Phi) is 7.04. The van der Waals surface area contributed by atoms with Crippen molar-refractivity contribution in [2.45, 2.75) is 12.5 Å². The summed E-state index contributed by atoms with van der Waals surface area (Å²) in [5.41, 5.74) is 3.42. The summed E-state index contributed by atoms with van der Waals surface area (Å²) in [6.45, 7) is 0.463. The van der Waals surface area contributed by atoms with Crippen LogP contribution in [0.2, 0.25) is 0 Å². The van der Waals surface area contributed by atoms with Crippen LogP contribution in [0, 0.1) is 10.1 Å². The number of nitro groups is 1. The Bertz CT molecular complexity index is 1460. The molecular weight excluding hydrogens is 476 g/mol. The number of hydrogen-bond donors (Lipinski definition) is 0. The number of hydrogen-bond acceptors (Lipinski definition) is 5. The lowest BCUT2D eigenvalue weighted by Crippen LogP contribution is -2.28. The van der Waals surface area contributed by atoms with Crippen molar-refractivity contribution < 1.29 is 14.5 Å². The lowest BCUT2D eigenvalue weighted by molar-refractivity contribution is -0.384. The lowest BCUT2D eigenvalue weighted by Gasteiger charge is -2.31. The molecule has 1 aliphatic rings. The van der Waals surface area contributed by atoms with Gasteiger partial charge in [0.1, 0.15) is 0 Å². The Morgan fingerprint density at radius 2 is 1.11 bits per heavy atom. The van der Waals surface area contributed by atoms with Crippen molar-refractivity contribution in [3.05, 3.63) is 171 Å². The van der Waals surface area contributed by atoms with Gasteiger partial charge >= 0.3 is 0 Å². The summed E-state index contributed by atoms with van der Waals surface area (Å²) in [5.74, 6) is -1.12. The molecule has 6 nitrogen and oxygen atoms in total. The van der Waals surface area contributed by atoms with E-state index in [1.165, 1.54) is 12.1 Å². The van der Waals surface area contributed by atoms with Gasteiger partial charge in [-0.3, -0.25) is 19.7 Å². The molecule has 0 amide bonds. The Balaban J connectivity index is 1.66. The maximum Gasteiger partial charge on any atom is 0.269 e. The van der Waals surface area contributed by atoms with Gasteiger partial charge in [-0.2, -0.15) is 0 Å². The van der Waals surface area contributed by atoms with Crippen LogP contribution in [-0.2, 0) is 6.54 Å². The number of Topliss-reactive ketones (excluding diaryl/α,β-unsaturated/α-hetero) is 2. The second-order valence-electron chi connectivity index (χ2n) is 9.00. The van der Waals surface area contributed by atoms with Crippen LogP contribution >= 0.6 is 0 Å². The largest absolute Gasteiger partial charge is 0.349 e. The van der Waals surface area contributed by atoms with E-state index in [2.05, 4.69) is 0 Å². The maximum absolute atomic E-state index is 13.9. The first-order valence-electron chi connectivity index (χ1n) is 12.2. The molecule has 0 atom stereocenters. The highest BCUT2D eigenvalue weighted by molar-refractivity contribution is 6.15. The van der Waals surface area contributed by atoms with Crippen molar-refractivity contribution in [2.75, 3.05) is 0 Å². The molecule has 0 unspecified atom stereocenters. The SMILES string of the molecule is O=C(C1=CN(Cc2ccccc2)C=C(C(=O)c2ccccc2)C1c1ccc([N+](=O)[O-])cc1)c1ccccc1. The minimum absolute atomic E-state index is 0.0601. The molecule has 186 valence electrons. The van der Waals surface area contributed by atoms with E-state index >= 15 is 0 Å². The average molecular weight is 501 g/mol. The minimum atomic E-state index is -0.705. The summed E-state index contributed by atoms with van der Waals surface area (Å²) in [5, 5.41) is 11.3. The van der Waals surface area contributed by atoms with Gasteiger partial charge in [0.15, 0.2) is 11.6 Å². The fraction of sp³-hybridized carbons (Fsp3) is 0.0625. The van der Waals surface area contributed by atoms with Gasteiger partial charge in [0.05, 0.1) is 4.92 Å². The van der Waals surface area contributed by atoms with Crippen LogP contribution in [0.5, 0.6) is 0 Å². The predicted octanol–water partition coefficient (Wildman–Crippen LogP) is 6.73. The standard InChI is InChI=1S/C32H24N2O4/c35-31(25-12-6-2-7-13-25)28-21-33(20-23-10-4-1-5-11-23)22-29(32(36)26-14-8-3-9-15-26)30(28)24-16-18-27(19-17-24)34(37)38/h1-19,21-22,30H,20H2. The Hall–Kier alpha value is -5.10. The van der Waals surface area contributed by atoms with Crippen LogP contribution in [0.3, 0.4) is 0 Å². The zero-order valence-electron chi connectivity index (χ0n) is 20.4. The Morgan fingerprint density at radius 1 is 0.658 bits per heavy atom. The van der Waals surface area contributed by atoms with Crippen LogP contribution in [0.15, 0.2) is 139 Å². The van der Waals surface area contributed by atoms with Gasteiger partial charge in [0, 0.05) is 59.3 Å². The molecule has 0 fully saturated rings. The van der Waals surface area contributed by atoms with E-state index in [0.29, 0.717) is 34.4 Å². The summed E-state index contributed by atoms with van der Waals surface area (Å²) >= 11 is 0. The number of allylic oxidation sites excluding steroid dienone is 2. The zero-order chi connectivity index (χ0) is 26.5. The number of nitro benzene ring substituents is 1. The molecule has 1 aliphatic heterocycles. The van der Waals surface area contributed by atoms with E-state index in [4.69, 9.17) is 0 Å². The monoisotopic (exact) mass is 500 g/mol. The molecule has 1 heterocycles. The van der Waals surface area contributed by atoms with Crippen LogP contribution in [0.25, 0.3) is 0 Å². The third-order valence-corrected chi connectivity index (χ3v) is 6.47. The number of non-ortho nitro benzene ring substituents is 1. The summed E-state index contributed by atoms with van der Waals surface area (Å²) < 4.78 is 0. The van der Waals surface area contributed by atoms with Crippen molar-refractivity contribution in [1.29, 1.82) is 0 Å². The van der Waals surface area contributed by atoms with E-state index in [0.717, 1.165) is 5.56 Å². The topological polar surface area (TPSA) is 80.5 Å². The van der Waals surface area contributed by atoms with Gasteiger partial charge in [0.25, 0.3) is 5.69 Å². The van der Waals surface area contributed by atoms with Crippen LogP contribution in [0.1, 0.15) is 37.8 Å². The molecule has 38 heavy (non-hydrogen) atoms. The third kappa shape index (κ3) is 5.20. The second kappa shape index (κ2) is 10.9. The minimum Gasteiger partial charge on any atom is -0.349 e. The second-order valence-corrected chi connectivity index (χ2v) is 9.00. The van der Waals surface area contributed by atoms with Crippen molar-refractivity contribution in [1.82, 2.24) is 4.90 Å². The van der Waals surface area contributed by atoms with Gasteiger partial charge < -0.3 is 4.90 Å². The highest BCUT2D eigenvalue weighted by Crippen LogP contribution is 2.40. The van der Waals surface area contributed by atoms with Gasteiger partial charge in [-0.15, -0.1) is 0 Å². The smallest absolute Gasteiger partial charge is 0.269 e. The molecule has 0 spiro atoms. The van der Waals surface area contributed by atoms with E-state index in [-0.39, 0.29) is 17.3 Å². The average Bonchev–Trinajstić information content (AvgIpc) is 2.97. The summed E-state index contributed by atoms with van der Waals surface area (Å²) in [7, 11) is 0. The number of nitrogens with zero attached hydrogens (tertiary/aromatic N) is 2. The van der Waals surface area contributed by atoms with Crippen molar-refractivity contribution in [3.63, 3.8) is 0 Å². The number of benzene rings is 4. The van der Waals surface area contributed by atoms with Crippen molar-refractivity contribution >= 4 is 17.3 Å². The maximum atomic E-state index is 13.9. The summed E-state index contributed by atoms with van der Waals surface area (Å²) in [4.78, 5) is 40.5. The van der Waals surface area contributed by atoms with Crippen molar-refractivity contribution in [3.8, 4) is 0 Å². The third-order valence-electron chi connectivity index (χ3n) is 6.47. The van der Waals surface area contributed by atoms with Gasteiger partial charge in [-0.05, 0) is 11.1 Å². The zero-order valence-corrected chi connectivity index (χ0v) is 20.4. The summed E-state index contributed by atoms with van der Waals surface area (Å²) in [6.07, 6.45) is 3.58. The molecule has 0 aliphatic carbocycles. The van der Waals surface area contributed by atoms with E-state index < -0.39 is 10.8 Å². The van der Waals surface area contributed by atoms with E-state index in [9.17, 15) is 19.7 Å². The molecule has 0 radical (unpaired) electrons. The van der Waals surface area contributed by atoms with Gasteiger partial charge in [0.2, 0.25) is 0 Å². The first-order chi connectivity index (χ1) is 18.5. The van der Waals surface area contributed by atoms with E-state index in [1.54, 1.807) is 73.1 Å². The number of carbonyl (C=O) groups excluding carboxylic acids is 2. The van der Waals surface area contributed by atoms with Gasteiger partial charge in [-0.1, -0.05) is 103 Å². The van der Waals surface area contributed by atoms with Crippen molar-refractivity contribution in [2.24, 2.45) is 0 Å². The first-order valence-corrected chi connectivity index (χ1v) is 12.2. The number of carbonyl (C=O) groups is 2. The van der Waals surface area contributed by atoms with Crippen LogP contribution < -0.4 is 0 Å². The first kappa shape index (κ1) is 24.6. The fourth-order valence-corrected chi connectivity index (χ4v) is 4.64. The molecule has 0 N–H and O–H groups in total. The molecule has 6 heteroatoms. The highest BCUT2D eigenvalue weighted by atomic mass is 16.6. The highest BCUT2D eigenvalue weighted by Gasteiger charge is 2.35. The Morgan fingerprint density at radius 3 is 1.55 bits per heavy atom. The van der Waals surface area contributed by atoms with Crippen LogP contribution in [-0.4, -0.2) is 21.4 Å². The molecule has 0 saturated carbocycles. The van der Waals surface area contributed by atoms with E-state index in [1.807, 2.05) is 47.4 Å². The lowest BCUT2D eigenvalue weighted by atomic mass is 9.77. The fourth-order valence-electron chi connectivity index (χ4n) is 4.64. The normalized spacial score (nSPS) is 13.4. The molecule has 0 aromatic heterocycles. The predicted molar refractivity (Wildman–Crippen MR) is 146 cm³/mol.